The van der Waals surface area contributed by atoms with Gasteiger partial charge in [-0.3, -0.25) is 9.59 Å². The molecule has 122 valence electrons. The summed E-state index contributed by atoms with van der Waals surface area (Å²) in [5.74, 6) is 0.600. The van der Waals surface area contributed by atoms with E-state index < -0.39 is 0 Å². The number of likely N-dealkylation sites (tertiary alicyclic amines) is 1. The van der Waals surface area contributed by atoms with Crippen LogP contribution in [0.15, 0.2) is 16.9 Å². The molecule has 0 radical (unpaired) electrons. The van der Waals surface area contributed by atoms with Crippen LogP contribution in [0.25, 0.3) is 0 Å². The van der Waals surface area contributed by atoms with Crippen molar-refractivity contribution in [1.82, 2.24) is 9.88 Å². The molecule has 2 rings (SSSR count). The molecule has 0 saturated carbocycles. The lowest BCUT2D eigenvalue weighted by Crippen LogP contribution is -2.41. The highest BCUT2D eigenvalue weighted by Gasteiger charge is 2.26. The van der Waals surface area contributed by atoms with Gasteiger partial charge in [-0.25, -0.2) is 0 Å². The minimum absolute atomic E-state index is 0.0832. The Morgan fingerprint density at radius 3 is 2.50 bits per heavy atom. The van der Waals surface area contributed by atoms with Gasteiger partial charge in [-0.1, -0.05) is 13.8 Å². The first-order valence-corrected chi connectivity index (χ1v) is 8.07. The molecule has 22 heavy (non-hydrogen) atoms. The molecular formula is C17H26N2O3. The monoisotopic (exact) mass is 306 g/mol. The number of hydrogen-bond acceptors (Lipinski definition) is 3. The second-order valence-corrected chi connectivity index (χ2v) is 6.73. The van der Waals surface area contributed by atoms with Gasteiger partial charge in [0, 0.05) is 30.4 Å². The van der Waals surface area contributed by atoms with E-state index in [2.05, 4.69) is 18.8 Å². The quantitative estimate of drug-likeness (QED) is 0.891. The van der Waals surface area contributed by atoms with E-state index in [1.807, 2.05) is 0 Å². The van der Waals surface area contributed by atoms with E-state index in [9.17, 15) is 14.7 Å². The fourth-order valence-electron chi connectivity index (χ4n) is 3.04. The topological polar surface area (TPSA) is 73.4 Å². The third kappa shape index (κ3) is 4.19. The fraction of sp³-hybridized carbons (Fsp3) is 0.647. The Morgan fingerprint density at radius 1 is 1.32 bits per heavy atom. The number of H-pyrrole nitrogens is 1. The predicted molar refractivity (Wildman–Crippen MR) is 85.9 cm³/mol. The van der Waals surface area contributed by atoms with Crippen LogP contribution in [0, 0.1) is 11.8 Å². The molecule has 1 fully saturated rings. The van der Waals surface area contributed by atoms with Crippen molar-refractivity contribution in [2.75, 3.05) is 13.1 Å². The van der Waals surface area contributed by atoms with Crippen molar-refractivity contribution in [2.45, 2.75) is 46.1 Å². The van der Waals surface area contributed by atoms with Crippen LogP contribution in [0.5, 0.6) is 0 Å². The van der Waals surface area contributed by atoms with Crippen LogP contribution in [-0.2, 0) is 6.42 Å². The lowest BCUT2D eigenvalue weighted by Gasteiger charge is -2.33. The number of pyridine rings is 1. The number of rotatable bonds is 4. The largest absolute Gasteiger partial charge is 0.393 e. The second kappa shape index (κ2) is 7.09. The first-order valence-electron chi connectivity index (χ1n) is 8.07. The van der Waals surface area contributed by atoms with Crippen LogP contribution in [-0.4, -0.2) is 40.1 Å². The Kier molecular flexibility index (Phi) is 5.40. The maximum Gasteiger partial charge on any atom is 0.254 e. The third-order valence-electron chi connectivity index (χ3n) is 4.28. The number of nitrogens with zero attached hydrogens (tertiary/aromatic N) is 1. The molecule has 1 atom stereocenters. The Hall–Kier alpha value is -1.62. The van der Waals surface area contributed by atoms with Gasteiger partial charge in [0.25, 0.3) is 5.91 Å². The summed E-state index contributed by atoms with van der Waals surface area (Å²) < 4.78 is 0. The van der Waals surface area contributed by atoms with Crippen LogP contribution in [0.1, 0.15) is 49.7 Å². The molecule has 5 nitrogen and oxygen atoms in total. The van der Waals surface area contributed by atoms with E-state index in [0.717, 1.165) is 25.0 Å². The lowest BCUT2D eigenvalue weighted by atomic mass is 9.92. The van der Waals surface area contributed by atoms with Gasteiger partial charge >= 0.3 is 0 Å². The van der Waals surface area contributed by atoms with Gasteiger partial charge in [0.15, 0.2) is 0 Å². The number of aromatic nitrogens is 1. The number of amides is 1. The maximum absolute atomic E-state index is 12.6. The van der Waals surface area contributed by atoms with Crippen LogP contribution >= 0.6 is 0 Å². The number of piperidine rings is 1. The van der Waals surface area contributed by atoms with E-state index >= 15 is 0 Å². The van der Waals surface area contributed by atoms with Crippen molar-refractivity contribution in [3.8, 4) is 0 Å². The normalized spacial score (nSPS) is 17.8. The van der Waals surface area contributed by atoms with Crippen LogP contribution in [0.3, 0.4) is 0 Å². The first kappa shape index (κ1) is 16.7. The summed E-state index contributed by atoms with van der Waals surface area (Å²) in [5, 5.41) is 9.63. The van der Waals surface area contributed by atoms with E-state index in [1.165, 1.54) is 6.07 Å². The van der Waals surface area contributed by atoms with Crippen LogP contribution < -0.4 is 5.56 Å². The third-order valence-corrected chi connectivity index (χ3v) is 4.28. The summed E-state index contributed by atoms with van der Waals surface area (Å²) in [6.07, 6.45) is 2.05. The molecule has 0 bridgehead atoms. The average Bonchev–Trinajstić information content (AvgIpc) is 2.45. The number of hydrogen-bond donors (Lipinski definition) is 2. The smallest absolute Gasteiger partial charge is 0.254 e. The summed E-state index contributed by atoms with van der Waals surface area (Å²) in [7, 11) is 0. The molecule has 1 amide bonds. The van der Waals surface area contributed by atoms with Gasteiger partial charge in [-0.15, -0.1) is 0 Å². The molecular weight excluding hydrogens is 280 g/mol. The van der Waals surface area contributed by atoms with E-state index in [-0.39, 0.29) is 23.5 Å². The van der Waals surface area contributed by atoms with E-state index in [1.54, 1.807) is 17.9 Å². The fourth-order valence-corrected chi connectivity index (χ4v) is 3.04. The lowest BCUT2D eigenvalue weighted by molar-refractivity contribution is 0.0521. The van der Waals surface area contributed by atoms with Gasteiger partial charge < -0.3 is 15.0 Å². The van der Waals surface area contributed by atoms with E-state index in [0.29, 0.717) is 24.6 Å². The Bertz CT molecular complexity index is 570. The summed E-state index contributed by atoms with van der Waals surface area (Å²) in [5.41, 5.74) is 1.06. The number of carbonyl (C=O) groups excluding carboxylic acids is 1. The van der Waals surface area contributed by atoms with Gasteiger partial charge in [0.1, 0.15) is 0 Å². The molecule has 1 saturated heterocycles. The molecule has 1 aliphatic rings. The minimum atomic E-state index is -0.325. The van der Waals surface area contributed by atoms with Gasteiger partial charge in [-0.05, 0) is 44.1 Å². The zero-order valence-electron chi connectivity index (χ0n) is 13.6. The average molecular weight is 306 g/mol. The first-order chi connectivity index (χ1) is 10.4. The molecule has 0 aromatic carbocycles. The molecule has 1 aromatic rings. The molecule has 5 heteroatoms. The Morgan fingerprint density at radius 2 is 1.95 bits per heavy atom. The van der Waals surface area contributed by atoms with Crippen molar-refractivity contribution in [3.05, 3.63) is 33.7 Å². The maximum atomic E-state index is 12.6. The minimum Gasteiger partial charge on any atom is -0.393 e. The summed E-state index contributed by atoms with van der Waals surface area (Å²) >= 11 is 0. The molecule has 0 spiro atoms. The van der Waals surface area contributed by atoms with Gasteiger partial charge in [-0.2, -0.15) is 0 Å². The molecule has 1 unspecified atom stereocenters. The standard InChI is InChI=1S/C17H26N2O3/c1-11(2)8-15-9-14(10-16(21)18-15)17(22)19-6-4-13(5-7-19)12(3)20/h9-13,20H,4-8H2,1-3H3,(H,18,21). The SMILES string of the molecule is CC(C)Cc1cc(C(=O)N2CCC(C(C)O)CC2)cc(=O)[nH]1. The molecule has 0 aliphatic carbocycles. The number of carbonyl (C=O) groups is 1. The number of aliphatic hydroxyl groups is 1. The summed E-state index contributed by atoms with van der Waals surface area (Å²) in [4.78, 5) is 28.9. The van der Waals surface area contributed by atoms with Crippen LogP contribution in [0.4, 0.5) is 0 Å². The molecule has 1 aromatic heterocycles. The predicted octanol–water partition coefficient (Wildman–Crippen LogP) is 1.81. The number of aliphatic hydroxyl groups excluding tert-OH is 1. The zero-order valence-corrected chi connectivity index (χ0v) is 13.6. The van der Waals surface area contributed by atoms with Crippen molar-refractivity contribution in [1.29, 1.82) is 0 Å². The summed E-state index contributed by atoms with van der Waals surface area (Å²) in [6, 6.07) is 3.18. The zero-order chi connectivity index (χ0) is 16.3. The molecule has 1 aliphatic heterocycles. The van der Waals surface area contributed by atoms with Crippen molar-refractivity contribution >= 4 is 5.91 Å². The van der Waals surface area contributed by atoms with Gasteiger partial charge in [0.05, 0.1) is 6.10 Å². The van der Waals surface area contributed by atoms with Crippen molar-refractivity contribution < 1.29 is 9.90 Å². The van der Waals surface area contributed by atoms with E-state index in [4.69, 9.17) is 0 Å². The second-order valence-electron chi connectivity index (χ2n) is 6.73. The number of aromatic amines is 1. The highest BCUT2D eigenvalue weighted by Crippen LogP contribution is 2.21. The van der Waals surface area contributed by atoms with Crippen molar-refractivity contribution in [2.24, 2.45) is 11.8 Å². The Balaban J connectivity index is 2.10. The number of nitrogens with one attached hydrogen (secondary N) is 1. The highest BCUT2D eigenvalue weighted by molar-refractivity contribution is 5.94. The molecule has 2 N–H and O–H groups in total. The summed E-state index contributed by atoms with van der Waals surface area (Å²) in [6.45, 7) is 7.24. The van der Waals surface area contributed by atoms with Gasteiger partial charge in [0.2, 0.25) is 5.56 Å². The molecule has 2 heterocycles. The highest BCUT2D eigenvalue weighted by atomic mass is 16.3. The Labute approximate surface area is 131 Å². The van der Waals surface area contributed by atoms with Crippen LogP contribution in [0.2, 0.25) is 0 Å². The van der Waals surface area contributed by atoms with Crippen molar-refractivity contribution in [3.63, 3.8) is 0 Å².